The van der Waals surface area contributed by atoms with E-state index in [4.69, 9.17) is 4.74 Å². The van der Waals surface area contributed by atoms with E-state index in [0.29, 0.717) is 12.2 Å². The van der Waals surface area contributed by atoms with Gasteiger partial charge in [0.1, 0.15) is 6.61 Å². The Morgan fingerprint density at radius 1 is 0.958 bits per heavy atom. The molecule has 5 nitrogen and oxygen atoms in total. The maximum absolute atomic E-state index is 12.0. The summed E-state index contributed by atoms with van der Waals surface area (Å²) >= 11 is 0. The number of aryl methyl sites for hydroxylation is 1. The van der Waals surface area contributed by atoms with E-state index in [9.17, 15) is 4.79 Å². The molecule has 0 aliphatic heterocycles. The van der Waals surface area contributed by atoms with Crippen molar-refractivity contribution in [2.24, 2.45) is 12.0 Å². The molecule has 0 spiro atoms. The maximum Gasteiger partial charge on any atom is 0.437 e. The second kappa shape index (κ2) is 7.46. The Bertz CT molecular complexity index is 864. The van der Waals surface area contributed by atoms with E-state index < -0.39 is 6.09 Å². The SMILES string of the molecule is Cn1ccn(Cc2ccccc2)/c1=N\C(=O)OCc1ccccc1. The highest BCUT2D eigenvalue weighted by molar-refractivity contribution is 5.68. The van der Waals surface area contributed by atoms with Crippen LogP contribution < -0.4 is 5.62 Å². The predicted molar refractivity (Wildman–Crippen MR) is 91.1 cm³/mol. The number of ether oxygens (including phenoxy) is 1. The number of carbonyl (C=O) groups excluding carboxylic acids is 1. The lowest BCUT2D eigenvalue weighted by Gasteiger charge is -2.04. The first-order valence-electron chi connectivity index (χ1n) is 7.73. The molecule has 0 atom stereocenters. The summed E-state index contributed by atoms with van der Waals surface area (Å²) in [6.45, 7) is 0.860. The molecule has 0 aliphatic rings. The van der Waals surface area contributed by atoms with Gasteiger partial charge < -0.3 is 13.9 Å². The molecule has 0 N–H and O–H groups in total. The quantitative estimate of drug-likeness (QED) is 0.741. The van der Waals surface area contributed by atoms with Crippen LogP contribution in [0.5, 0.6) is 0 Å². The number of nitrogens with zero attached hydrogens (tertiary/aromatic N) is 3. The summed E-state index contributed by atoms with van der Waals surface area (Å²) < 4.78 is 8.94. The molecule has 3 aromatic rings. The first-order chi connectivity index (χ1) is 11.7. The molecule has 0 fully saturated rings. The molecule has 2 aromatic carbocycles. The molecule has 0 saturated carbocycles. The fourth-order valence-electron chi connectivity index (χ4n) is 2.40. The van der Waals surface area contributed by atoms with E-state index in [-0.39, 0.29) is 6.61 Å². The molecule has 122 valence electrons. The summed E-state index contributed by atoms with van der Waals surface area (Å²) in [5, 5.41) is 0. The lowest BCUT2D eigenvalue weighted by atomic mass is 10.2. The number of imidazole rings is 1. The van der Waals surface area contributed by atoms with Crippen LogP contribution in [-0.2, 0) is 24.9 Å². The van der Waals surface area contributed by atoms with Crippen molar-refractivity contribution in [3.05, 3.63) is 89.8 Å². The van der Waals surface area contributed by atoms with E-state index in [1.807, 2.05) is 84.7 Å². The van der Waals surface area contributed by atoms with Crippen molar-refractivity contribution in [2.75, 3.05) is 0 Å². The van der Waals surface area contributed by atoms with E-state index in [1.165, 1.54) is 0 Å². The van der Waals surface area contributed by atoms with Crippen LogP contribution in [0.1, 0.15) is 11.1 Å². The number of benzene rings is 2. The number of rotatable bonds is 4. The Labute approximate surface area is 140 Å². The number of amides is 1. The van der Waals surface area contributed by atoms with Crippen LogP contribution >= 0.6 is 0 Å². The Morgan fingerprint density at radius 2 is 1.58 bits per heavy atom. The standard InChI is InChI=1S/C19H19N3O2/c1-21-12-13-22(14-16-8-4-2-5-9-16)18(21)20-19(23)24-15-17-10-6-3-7-11-17/h2-13H,14-15H2,1H3/b20-18-. The van der Waals surface area contributed by atoms with Crippen LogP contribution in [0, 0.1) is 0 Å². The highest BCUT2D eigenvalue weighted by Gasteiger charge is 2.05. The Kier molecular flexibility index (Phi) is 4.91. The van der Waals surface area contributed by atoms with Crippen LogP contribution in [0.2, 0.25) is 0 Å². The number of aromatic nitrogens is 2. The average Bonchev–Trinajstić information content (AvgIpc) is 2.95. The summed E-state index contributed by atoms with van der Waals surface area (Å²) in [4.78, 5) is 16.1. The molecule has 0 saturated heterocycles. The molecule has 0 radical (unpaired) electrons. The predicted octanol–water partition coefficient (Wildman–Crippen LogP) is 3.11. The fraction of sp³-hybridized carbons (Fsp3) is 0.158. The number of carbonyl (C=O) groups is 1. The van der Waals surface area contributed by atoms with Gasteiger partial charge in [-0.25, -0.2) is 4.79 Å². The highest BCUT2D eigenvalue weighted by atomic mass is 16.5. The van der Waals surface area contributed by atoms with Gasteiger partial charge >= 0.3 is 6.09 Å². The van der Waals surface area contributed by atoms with E-state index in [0.717, 1.165) is 11.1 Å². The lowest BCUT2D eigenvalue weighted by Crippen LogP contribution is -2.26. The second-order valence-corrected chi connectivity index (χ2v) is 5.47. The van der Waals surface area contributed by atoms with Gasteiger partial charge in [-0.3, -0.25) is 0 Å². The van der Waals surface area contributed by atoms with Crippen LogP contribution in [-0.4, -0.2) is 15.2 Å². The van der Waals surface area contributed by atoms with Gasteiger partial charge in [-0.15, -0.1) is 4.99 Å². The third kappa shape index (κ3) is 4.01. The van der Waals surface area contributed by atoms with Gasteiger partial charge in [0.25, 0.3) is 0 Å². The van der Waals surface area contributed by atoms with Crippen molar-refractivity contribution in [3.63, 3.8) is 0 Å². The fourth-order valence-corrected chi connectivity index (χ4v) is 2.40. The van der Waals surface area contributed by atoms with Crippen LogP contribution in [0.15, 0.2) is 78.0 Å². The summed E-state index contributed by atoms with van der Waals surface area (Å²) in [5.74, 6) is 0. The van der Waals surface area contributed by atoms with Gasteiger partial charge in [0.05, 0.1) is 6.54 Å². The smallest absolute Gasteiger partial charge is 0.437 e. The topological polar surface area (TPSA) is 48.5 Å². The molecule has 1 amide bonds. The monoisotopic (exact) mass is 321 g/mol. The van der Waals surface area contributed by atoms with Gasteiger partial charge in [0.15, 0.2) is 0 Å². The van der Waals surface area contributed by atoms with Gasteiger partial charge in [0.2, 0.25) is 5.62 Å². The van der Waals surface area contributed by atoms with E-state index >= 15 is 0 Å². The minimum absolute atomic E-state index is 0.215. The summed E-state index contributed by atoms with van der Waals surface area (Å²) in [7, 11) is 1.85. The molecule has 5 heteroatoms. The third-order valence-corrected chi connectivity index (χ3v) is 3.63. The van der Waals surface area contributed by atoms with Crippen molar-refractivity contribution >= 4 is 6.09 Å². The first kappa shape index (κ1) is 15.8. The molecule has 0 bridgehead atoms. The maximum atomic E-state index is 12.0. The van der Waals surface area contributed by atoms with E-state index in [1.54, 1.807) is 4.57 Å². The molecule has 3 rings (SSSR count). The largest absolute Gasteiger partial charge is 0.443 e. The zero-order valence-electron chi connectivity index (χ0n) is 13.5. The Morgan fingerprint density at radius 3 is 2.25 bits per heavy atom. The van der Waals surface area contributed by atoms with Crippen LogP contribution in [0.3, 0.4) is 0 Å². The molecular formula is C19H19N3O2. The molecule has 0 aliphatic carbocycles. The van der Waals surface area contributed by atoms with Gasteiger partial charge in [-0.2, -0.15) is 0 Å². The zero-order valence-corrected chi connectivity index (χ0v) is 13.5. The number of hydrogen-bond donors (Lipinski definition) is 0. The summed E-state index contributed by atoms with van der Waals surface area (Å²) in [6, 6.07) is 19.6. The third-order valence-electron chi connectivity index (χ3n) is 3.63. The molecule has 24 heavy (non-hydrogen) atoms. The highest BCUT2D eigenvalue weighted by Crippen LogP contribution is 2.02. The molecule has 1 aromatic heterocycles. The van der Waals surface area contributed by atoms with Crippen LogP contribution in [0.4, 0.5) is 4.79 Å². The van der Waals surface area contributed by atoms with Crippen molar-refractivity contribution in [1.29, 1.82) is 0 Å². The minimum Gasteiger partial charge on any atom is -0.443 e. The van der Waals surface area contributed by atoms with Crippen molar-refractivity contribution in [3.8, 4) is 0 Å². The lowest BCUT2D eigenvalue weighted by molar-refractivity contribution is 0.149. The first-order valence-corrected chi connectivity index (χ1v) is 7.73. The van der Waals surface area contributed by atoms with Crippen molar-refractivity contribution < 1.29 is 9.53 Å². The normalized spacial score (nSPS) is 11.5. The number of hydrogen-bond acceptors (Lipinski definition) is 2. The van der Waals surface area contributed by atoms with Crippen molar-refractivity contribution in [2.45, 2.75) is 13.2 Å². The summed E-state index contributed by atoms with van der Waals surface area (Å²) in [6.07, 6.45) is 3.17. The molecule has 0 unspecified atom stereocenters. The molecule has 1 heterocycles. The Hall–Kier alpha value is -3.08. The van der Waals surface area contributed by atoms with E-state index in [2.05, 4.69) is 4.99 Å². The summed E-state index contributed by atoms with van der Waals surface area (Å²) in [5.41, 5.74) is 2.63. The van der Waals surface area contributed by atoms with Gasteiger partial charge in [-0.1, -0.05) is 60.7 Å². The zero-order chi connectivity index (χ0) is 16.8. The molecular weight excluding hydrogens is 302 g/mol. The van der Waals surface area contributed by atoms with Gasteiger partial charge in [-0.05, 0) is 11.1 Å². The minimum atomic E-state index is -0.595. The second-order valence-electron chi connectivity index (χ2n) is 5.47. The van der Waals surface area contributed by atoms with Crippen molar-refractivity contribution in [1.82, 2.24) is 9.13 Å². The van der Waals surface area contributed by atoms with Crippen LogP contribution in [0.25, 0.3) is 0 Å². The average molecular weight is 321 g/mol. The van der Waals surface area contributed by atoms with Gasteiger partial charge in [0, 0.05) is 19.4 Å². The Balaban J connectivity index is 1.74.